The van der Waals surface area contributed by atoms with Gasteiger partial charge in [-0.15, -0.1) is 0 Å². The zero-order valence-corrected chi connectivity index (χ0v) is 11.9. The average molecular weight is 288 g/mol. The Bertz CT molecular complexity index is 494. The van der Waals surface area contributed by atoms with E-state index in [1.54, 1.807) is 6.92 Å². The van der Waals surface area contributed by atoms with Gasteiger partial charge in [0.25, 0.3) is 0 Å². The standard InChI is InChI=1S/C11H20N4O3S/c1-9-14-11(18-15-9)5-7-13-19(16,17)8-10-4-2-3-6-12-10/h10,12-13H,2-8H2,1H3. The van der Waals surface area contributed by atoms with Crippen LogP contribution in [0.5, 0.6) is 0 Å². The Balaban J connectivity index is 1.74. The highest BCUT2D eigenvalue weighted by molar-refractivity contribution is 7.89. The van der Waals surface area contributed by atoms with Crippen molar-refractivity contribution >= 4 is 10.0 Å². The lowest BCUT2D eigenvalue weighted by Crippen LogP contribution is -2.42. The summed E-state index contributed by atoms with van der Waals surface area (Å²) in [6.07, 6.45) is 3.55. The second-order valence-electron chi connectivity index (χ2n) is 4.81. The summed E-state index contributed by atoms with van der Waals surface area (Å²) >= 11 is 0. The molecule has 2 rings (SSSR count). The summed E-state index contributed by atoms with van der Waals surface area (Å²) in [4.78, 5) is 4.02. The summed E-state index contributed by atoms with van der Waals surface area (Å²) in [5, 5.41) is 6.88. The molecular weight excluding hydrogens is 268 g/mol. The maximum Gasteiger partial charge on any atom is 0.227 e. The van der Waals surface area contributed by atoms with Gasteiger partial charge >= 0.3 is 0 Å². The molecule has 0 saturated carbocycles. The summed E-state index contributed by atoms with van der Waals surface area (Å²) in [6.45, 7) is 2.92. The fraction of sp³-hybridized carbons (Fsp3) is 0.818. The fourth-order valence-corrected chi connectivity index (χ4v) is 3.49. The van der Waals surface area contributed by atoms with Gasteiger partial charge in [0.1, 0.15) is 0 Å². The molecule has 1 aliphatic heterocycles. The monoisotopic (exact) mass is 288 g/mol. The Morgan fingerprint density at radius 2 is 2.32 bits per heavy atom. The van der Waals surface area contributed by atoms with Gasteiger partial charge in [-0.1, -0.05) is 11.6 Å². The molecule has 1 aromatic rings. The summed E-state index contributed by atoms with van der Waals surface area (Å²) in [7, 11) is -3.25. The molecule has 1 atom stereocenters. The van der Waals surface area contributed by atoms with Crippen LogP contribution in [0.1, 0.15) is 31.0 Å². The van der Waals surface area contributed by atoms with Gasteiger partial charge in [-0.05, 0) is 26.3 Å². The summed E-state index contributed by atoms with van der Waals surface area (Å²) < 4.78 is 31.2. The summed E-state index contributed by atoms with van der Waals surface area (Å²) in [5.74, 6) is 1.15. The first-order valence-electron chi connectivity index (χ1n) is 6.55. The zero-order valence-electron chi connectivity index (χ0n) is 11.1. The number of hydrogen-bond donors (Lipinski definition) is 2. The van der Waals surface area contributed by atoms with E-state index in [0.717, 1.165) is 25.8 Å². The maximum atomic E-state index is 11.9. The Morgan fingerprint density at radius 1 is 1.47 bits per heavy atom. The van der Waals surface area contributed by atoms with Crippen LogP contribution in [0.4, 0.5) is 0 Å². The number of rotatable bonds is 6. The predicted molar refractivity (Wildman–Crippen MR) is 70.2 cm³/mol. The predicted octanol–water partition coefficient (Wildman–Crippen LogP) is -0.0180. The first kappa shape index (κ1) is 14.4. The summed E-state index contributed by atoms with van der Waals surface area (Å²) in [6, 6.07) is 0.0666. The highest BCUT2D eigenvalue weighted by Gasteiger charge is 2.20. The number of nitrogens with zero attached hydrogens (tertiary/aromatic N) is 2. The fourth-order valence-electron chi connectivity index (χ4n) is 2.15. The molecule has 0 amide bonds. The van der Waals surface area contributed by atoms with E-state index >= 15 is 0 Å². The van der Waals surface area contributed by atoms with Gasteiger partial charge in [0.2, 0.25) is 15.9 Å². The number of sulfonamides is 1. The molecule has 0 spiro atoms. The van der Waals surface area contributed by atoms with Crippen LogP contribution in [0.2, 0.25) is 0 Å². The van der Waals surface area contributed by atoms with Crippen molar-refractivity contribution < 1.29 is 12.9 Å². The van der Waals surface area contributed by atoms with Crippen LogP contribution in [0.25, 0.3) is 0 Å². The SMILES string of the molecule is Cc1noc(CCNS(=O)(=O)CC2CCCCN2)n1. The van der Waals surface area contributed by atoms with E-state index in [1.807, 2.05) is 0 Å². The van der Waals surface area contributed by atoms with E-state index in [0.29, 0.717) is 18.1 Å². The minimum atomic E-state index is -3.25. The van der Waals surface area contributed by atoms with Crippen LogP contribution in [0, 0.1) is 6.92 Å². The van der Waals surface area contributed by atoms with Gasteiger partial charge in [-0.25, -0.2) is 13.1 Å². The van der Waals surface area contributed by atoms with Crippen LogP contribution in [0.3, 0.4) is 0 Å². The van der Waals surface area contributed by atoms with Crippen LogP contribution < -0.4 is 10.0 Å². The highest BCUT2D eigenvalue weighted by Crippen LogP contribution is 2.08. The molecule has 1 unspecified atom stereocenters. The molecule has 108 valence electrons. The van der Waals surface area contributed by atoms with E-state index in [1.165, 1.54) is 0 Å². The Labute approximate surface area is 113 Å². The number of aromatic nitrogens is 2. The van der Waals surface area contributed by atoms with Gasteiger partial charge in [-0.3, -0.25) is 0 Å². The molecule has 0 radical (unpaired) electrons. The number of hydrogen-bond acceptors (Lipinski definition) is 6. The highest BCUT2D eigenvalue weighted by atomic mass is 32.2. The molecule has 19 heavy (non-hydrogen) atoms. The topological polar surface area (TPSA) is 97.1 Å². The second-order valence-corrected chi connectivity index (χ2v) is 6.66. The molecule has 0 aromatic carbocycles. The van der Waals surface area contributed by atoms with Crippen molar-refractivity contribution in [1.82, 2.24) is 20.2 Å². The largest absolute Gasteiger partial charge is 0.339 e. The smallest absolute Gasteiger partial charge is 0.227 e. The third kappa shape index (κ3) is 4.88. The third-order valence-electron chi connectivity index (χ3n) is 3.06. The molecular formula is C11H20N4O3S. The Hall–Kier alpha value is -0.990. The van der Waals surface area contributed by atoms with Crippen LogP contribution in [-0.4, -0.2) is 43.4 Å². The third-order valence-corrected chi connectivity index (χ3v) is 4.55. The molecule has 1 saturated heterocycles. The Morgan fingerprint density at radius 3 is 2.95 bits per heavy atom. The zero-order chi connectivity index (χ0) is 13.7. The van der Waals surface area contributed by atoms with E-state index in [4.69, 9.17) is 4.52 Å². The lowest BCUT2D eigenvalue weighted by atomic mass is 10.1. The minimum absolute atomic E-state index is 0.0666. The molecule has 7 nitrogen and oxygen atoms in total. The van der Waals surface area contributed by atoms with Crippen LogP contribution >= 0.6 is 0 Å². The molecule has 2 N–H and O–H groups in total. The van der Waals surface area contributed by atoms with E-state index in [9.17, 15) is 8.42 Å². The van der Waals surface area contributed by atoms with Crippen molar-refractivity contribution in [2.24, 2.45) is 0 Å². The van der Waals surface area contributed by atoms with Crippen LogP contribution in [0.15, 0.2) is 4.52 Å². The van der Waals surface area contributed by atoms with Crippen molar-refractivity contribution in [1.29, 1.82) is 0 Å². The van der Waals surface area contributed by atoms with Gasteiger partial charge in [0.15, 0.2) is 5.82 Å². The summed E-state index contributed by atoms with van der Waals surface area (Å²) in [5.41, 5.74) is 0. The lowest BCUT2D eigenvalue weighted by Gasteiger charge is -2.23. The number of aryl methyl sites for hydroxylation is 1. The normalized spacial score (nSPS) is 20.6. The number of nitrogens with one attached hydrogen (secondary N) is 2. The maximum absolute atomic E-state index is 11.9. The van der Waals surface area contributed by atoms with Crippen molar-refractivity contribution in [2.75, 3.05) is 18.8 Å². The quantitative estimate of drug-likeness (QED) is 0.763. The molecule has 1 aliphatic rings. The minimum Gasteiger partial charge on any atom is -0.339 e. The first-order valence-corrected chi connectivity index (χ1v) is 8.20. The van der Waals surface area contributed by atoms with Crippen molar-refractivity contribution in [3.05, 3.63) is 11.7 Å². The van der Waals surface area contributed by atoms with Gasteiger partial charge in [0, 0.05) is 19.0 Å². The van der Waals surface area contributed by atoms with Crippen LogP contribution in [-0.2, 0) is 16.4 Å². The van der Waals surface area contributed by atoms with Crippen molar-refractivity contribution in [2.45, 2.75) is 38.6 Å². The molecule has 0 bridgehead atoms. The van der Waals surface area contributed by atoms with Crippen molar-refractivity contribution in [3.63, 3.8) is 0 Å². The van der Waals surface area contributed by atoms with Gasteiger partial charge in [0.05, 0.1) is 5.75 Å². The van der Waals surface area contributed by atoms with E-state index in [2.05, 4.69) is 20.2 Å². The molecule has 1 fully saturated rings. The van der Waals surface area contributed by atoms with E-state index in [-0.39, 0.29) is 18.3 Å². The van der Waals surface area contributed by atoms with Gasteiger partial charge in [-0.2, -0.15) is 4.98 Å². The molecule has 1 aromatic heterocycles. The van der Waals surface area contributed by atoms with E-state index < -0.39 is 10.0 Å². The molecule has 8 heteroatoms. The van der Waals surface area contributed by atoms with Crippen molar-refractivity contribution in [3.8, 4) is 0 Å². The number of piperidine rings is 1. The molecule has 2 heterocycles. The Kier molecular flexibility index (Phi) is 4.89. The molecule has 0 aliphatic carbocycles. The van der Waals surface area contributed by atoms with Gasteiger partial charge < -0.3 is 9.84 Å². The lowest BCUT2D eigenvalue weighted by molar-refractivity contribution is 0.374. The average Bonchev–Trinajstić information content (AvgIpc) is 2.75. The second kappa shape index (κ2) is 6.44. The first-order chi connectivity index (χ1) is 9.05.